The van der Waals surface area contributed by atoms with E-state index in [0.717, 1.165) is 11.3 Å². The first-order valence-electron chi connectivity index (χ1n) is 3.83. The van der Waals surface area contributed by atoms with Crippen molar-refractivity contribution in [2.24, 2.45) is 5.16 Å². The second-order valence-corrected chi connectivity index (χ2v) is 3.68. The lowest BCUT2D eigenvalue weighted by Crippen LogP contribution is -2.13. The fourth-order valence-electron chi connectivity index (χ4n) is 0.732. The zero-order chi connectivity index (χ0) is 12.1. The summed E-state index contributed by atoms with van der Waals surface area (Å²) < 4.78 is 0. The minimum atomic E-state index is -1.22. The molecule has 17 heavy (non-hydrogen) atoms. The third kappa shape index (κ3) is 4.98. The molecule has 0 aliphatic heterocycles. The van der Waals surface area contributed by atoms with Gasteiger partial charge in [0.05, 0.1) is 0 Å². The van der Waals surface area contributed by atoms with Gasteiger partial charge in [-0.1, -0.05) is 5.16 Å². The third-order valence-electron chi connectivity index (χ3n) is 1.29. The average Bonchev–Trinajstić information content (AvgIpc) is 2.58. The molecular weight excluding hydrogens is 293 g/mol. The second kappa shape index (κ2) is 7.05. The van der Waals surface area contributed by atoms with E-state index in [1.54, 1.807) is 0 Å². The van der Waals surface area contributed by atoms with Gasteiger partial charge >= 0.3 is 5.97 Å². The molecule has 7 nitrogen and oxygen atoms in total. The summed E-state index contributed by atoms with van der Waals surface area (Å²) in [7, 11) is 0. The number of carbonyl (C=O) groups is 2. The molecule has 0 atom stereocenters. The monoisotopic (exact) mass is 299 g/mol. The van der Waals surface area contributed by atoms with Gasteiger partial charge in [0.1, 0.15) is 5.69 Å². The molecule has 1 aromatic rings. The lowest BCUT2D eigenvalue weighted by molar-refractivity contribution is -0.142. The van der Waals surface area contributed by atoms with Crippen LogP contribution in [0.2, 0.25) is 0 Å². The van der Waals surface area contributed by atoms with E-state index in [0.29, 0.717) is 0 Å². The summed E-state index contributed by atoms with van der Waals surface area (Å²) >= 11 is 6.32. The summed E-state index contributed by atoms with van der Waals surface area (Å²) in [6.07, 6.45) is 0. The Morgan fingerprint density at radius 1 is 1.65 bits per heavy atom. The van der Waals surface area contributed by atoms with Crippen molar-refractivity contribution in [1.82, 2.24) is 4.98 Å². The number of hydrogen-bond donors (Lipinski definition) is 2. The van der Waals surface area contributed by atoms with Crippen molar-refractivity contribution in [3.63, 3.8) is 0 Å². The average molecular weight is 300 g/mol. The van der Waals surface area contributed by atoms with Crippen molar-refractivity contribution in [3.8, 4) is 0 Å². The van der Waals surface area contributed by atoms with E-state index in [1.807, 2.05) is 0 Å². The molecule has 1 rings (SSSR count). The van der Waals surface area contributed by atoms with Crippen molar-refractivity contribution < 1.29 is 19.5 Å². The SMILES string of the molecule is Cl.Nc1nc(C(=NOCC(=O)O)C(=O)Cl)cs1. The minimum Gasteiger partial charge on any atom is -0.479 e. The smallest absolute Gasteiger partial charge is 0.344 e. The number of halogens is 2. The van der Waals surface area contributed by atoms with Crippen LogP contribution in [0.25, 0.3) is 0 Å². The Bertz CT molecular complexity index is 448. The van der Waals surface area contributed by atoms with Gasteiger partial charge in [0, 0.05) is 5.38 Å². The number of oxime groups is 1. The quantitative estimate of drug-likeness (QED) is 0.470. The fraction of sp³-hybridized carbons (Fsp3) is 0.143. The number of aliphatic carboxylic acids is 1. The number of carbonyl (C=O) groups excluding carboxylic acids is 1. The molecule has 0 spiro atoms. The Hall–Kier alpha value is -1.38. The predicted molar refractivity (Wildman–Crippen MR) is 64.8 cm³/mol. The van der Waals surface area contributed by atoms with Crippen molar-refractivity contribution in [3.05, 3.63) is 11.1 Å². The van der Waals surface area contributed by atoms with Gasteiger partial charge in [0.2, 0.25) is 6.61 Å². The Balaban J connectivity index is 0.00000256. The molecule has 0 bridgehead atoms. The van der Waals surface area contributed by atoms with Gasteiger partial charge in [0.15, 0.2) is 10.8 Å². The standard InChI is InChI=1S/C7H6ClN3O4S.ClH/c8-6(14)5(11-15-1-4(12)13)3-2-16-7(9)10-3;/h2H,1H2,(H2,9,10)(H,12,13);1H. The molecule has 94 valence electrons. The third-order valence-corrected chi connectivity index (χ3v) is 2.15. The molecule has 3 N–H and O–H groups in total. The highest BCUT2D eigenvalue weighted by Gasteiger charge is 2.16. The van der Waals surface area contributed by atoms with Crippen LogP contribution >= 0.6 is 35.3 Å². The zero-order valence-corrected chi connectivity index (χ0v) is 10.5. The van der Waals surface area contributed by atoms with Crippen LogP contribution in [0.15, 0.2) is 10.5 Å². The van der Waals surface area contributed by atoms with Gasteiger partial charge in [-0.05, 0) is 11.6 Å². The van der Waals surface area contributed by atoms with Crippen molar-refractivity contribution in [2.75, 3.05) is 12.3 Å². The molecule has 0 unspecified atom stereocenters. The van der Waals surface area contributed by atoms with Gasteiger partial charge in [-0.3, -0.25) is 4.79 Å². The topological polar surface area (TPSA) is 115 Å². The highest BCUT2D eigenvalue weighted by Crippen LogP contribution is 2.13. The number of anilines is 1. The van der Waals surface area contributed by atoms with Crippen LogP contribution in [-0.2, 0) is 14.4 Å². The maximum absolute atomic E-state index is 11.0. The Morgan fingerprint density at radius 3 is 2.71 bits per heavy atom. The predicted octanol–water partition coefficient (Wildman–Crippen LogP) is 0.718. The molecule has 1 aromatic heterocycles. The van der Waals surface area contributed by atoms with E-state index in [2.05, 4.69) is 15.0 Å². The van der Waals surface area contributed by atoms with Gasteiger partial charge in [0.25, 0.3) is 5.24 Å². The number of carboxylic acid groups (broad SMARTS) is 1. The molecule has 0 amide bonds. The first-order valence-corrected chi connectivity index (χ1v) is 5.09. The van der Waals surface area contributed by atoms with Gasteiger partial charge < -0.3 is 15.7 Å². The van der Waals surface area contributed by atoms with Crippen molar-refractivity contribution in [1.29, 1.82) is 0 Å². The Kier molecular flexibility index (Phi) is 6.47. The largest absolute Gasteiger partial charge is 0.479 e. The lowest BCUT2D eigenvalue weighted by atomic mass is 10.3. The van der Waals surface area contributed by atoms with Crippen LogP contribution in [-0.4, -0.2) is 33.6 Å². The van der Waals surface area contributed by atoms with Gasteiger partial charge in [-0.15, -0.1) is 23.7 Å². The van der Waals surface area contributed by atoms with Crippen LogP contribution < -0.4 is 5.73 Å². The van der Waals surface area contributed by atoms with Gasteiger partial charge in [-0.2, -0.15) is 0 Å². The van der Waals surface area contributed by atoms with Crippen LogP contribution in [0.1, 0.15) is 5.69 Å². The van der Waals surface area contributed by atoms with E-state index in [1.165, 1.54) is 5.38 Å². The van der Waals surface area contributed by atoms with Gasteiger partial charge in [-0.25, -0.2) is 9.78 Å². The van der Waals surface area contributed by atoms with E-state index in [4.69, 9.17) is 22.4 Å². The highest BCUT2D eigenvalue weighted by molar-refractivity contribution is 7.13. The molecule has 1 heterocycles. The number of rotatable bonds is 5. The molecule has 0 aliphatic carbocycles. The number of nitrogen functional groups attached to an aromatic ring is 1. The first-order chi connectivity index (χ1) is 7.50. The van der Waals surface area contributed by atoms with Crippen LogP contribution in [0.5, 0.6) is 0 Å². The molecule has 0 aromatic carbocycles. The van der Waals surface area contributed by atoms with Crippen LogP contribution in [0, 0.1) is 0 Å². The number of hydrogen-bond acceptors (Lipinski definition) is 7. The zero-order valence-electron chi connectivity index (χ0n) is 8.12. The number of nitrogens with two attached hydrogens (primary N) is 1. The number of thiazole rings is 1. The van der Waals surface area contributed by atoms with Crippen LogP contribution in [0.3, 0.4) is 0 Å². The summed E-state index contributed by atoms with van der Waals surface area (Å²) in [4.78, 5) is 29.3. The number of nitrogens with zero attached hydrogens (tertiary/aromatic N) is 2. The fourth-order valence-corrected chi connectivity index (χ4v) is 1.41. The maximum atomic E-state index is 11.0. The van der Waals surface area contributed by atoms with E-state index >= 15 is 0 Å². The second-order valence-electron chi connectivity index (χ2n) is 2.45. The Labute approximate surface area is 111 Å². The first kappa shape index (κ1) is 15.6. The molecule has 10 heteroatoms. The summed E-state index contributed by atoms with van der Waals surface area (Å²) in [5, 5.41) is 12.4. The summed E-state index contributed by atoms with van der Waals surface area (Å²) in [6, 6.07) is 0. The summed E-state index contributed by atoms with van der Waals surface area (Å²) in [5.74, 6) is -1.22. The highest BCUT2D eigenvalue weighted by atomic mass is 35.5. The maximum Gasteiger partial charge on any atom is 0.344 e. The molecule has 0 radical (unpaired) electrons. The number of carboxylic acids is 1. The van der Waals surface area contributed by atoms with Crippen LogP contribution in [0.4, 0.5) is 5.13 Å². The lowest BCUT2D eigenvalue weighted by Gasteiger charge is -1.97. The van der Waals surface area contributed by atoms with E-state index < -0.39 is 17.8 Å². The number of aromatic nitrogens is 1. The molecule has 0 aliphatic rings. The summed E-state index contributed by atoms with van der Waals surface area (Å²) in [6.45, 7) is -0.673. The van der Waals surface area contributed by atoms with Crippen molar-refractivity contribution in [2.45, 2.75) is 0 Å². The molecule has 0 saturated carbocycles. The Morgan fingerprint density at radius 2 is 2.29 bits per heavy atom. The molecule has 0 saturated heterocycles. The normalized spacial score (nSPS) is 10.5. The molecular formula is C7H7Cl2N3O4S. The summed E-state index contributed by atoms with van der Waals surface area (Å²) in [5.41, 5.74) is 5.22. The van der Waals surface area contributed by atoms with E-state index in [9.17, 15) is 9.59 Å². The van der Waals surface area contributed by atoms with Crippen molar-refractivity contribution >= 4 is 57.4 Å². The molecule has 0 fully saturated rings. The van der Waals surface area contributed by atoms with E-state index in [-0.39, 0.29) is 28.9 Å². The minimum absolute atomic E-state index is 0.